The van der Waals surface area contributed by atoms with Gasteiger partial charge in [-0.1, -0.05) is 12.1 Å². The zero-order chi connectivity index (χ0) is 22.9. The van der Waals surface area contributed by atoms with E-state index in [1.165, 1.54) is 5.52 Å². The number of fused-ring (bicyclic) bond motifs is 3. The lowest BCUT2D eigenvalue weighted by Crippen LogP contribution is -2.41. The fourth-order valence-corrected chi connectivity index (χ4v) is 5.08. The fourth-order valence-electron chi connectivity index (χ4n) is 5.08. The lowest BCUT2D eigenvalue weighted by atomic mass is 10.1. The van der Waals surface area contributed by atoms with Crippen LogP contribution in [0.4, 0.5) is 0 Å². The molecule has 0 radical (unpaired) electrons. The van der Waals surface area contributed by atoms with E-state index in [-0.39, 0.29) is 12.0 Å². The minimum atomic E-state index is -0.0829. The molecule has 3 aromatic rings. The number of hydrogen-bond donors (Lipinski definition) is 0. The van der Waals surface area contributed by atoms with Crippen LogP contribution in [0.1, 0.15) is 48.3 Å². The number of carbonyl (C=O) groups excluding carboxylic acids is 1. The third-order valence-electron chi connectivity index (χ3n) is 6.98. The van der Waals surface area contributed by atoms with Crippen molar-refractivity contribution in [3.63, 3.8) is 0 Å². The monoisotopic (exact) mass is 442 g/mol. The van der Waals surface area contributed by atoms with Crippen LogP contribution in [-0.4, -0.2) is 52.1 Å². The van der Waals surface area contributed by atoms with Gasteiger partial charge in [0.05, 0.1) is 23.7 Å². The Morgan fingerprint density at radius 3 is 2.61 bits per heavy atom. The highest BCUT2D eigenvalue weighted by atomic mass is 16.5. The smallest absolute Gasteiger partial charge is 0.255 e. The predicted molar refractivity (Wildman–Crippen MR) is 128 cm³/mol. The van der Waals surface area contributed by atoms with Crippen LogP contribution in [0.2, 0.25) is 0 Å². The zero-order valence-electron chi connectivity index (χ0n) is 19.3. The Morgan fingerprint density at radius 1 is 1.06 bits per heavy atom. The number of nitriles is 1. The van der Waals surface area contributed by atoms with Crippen LogP contribution in [0, 0.1) is 11.3 Å². The van der Waals surface area contributed by atoms with E-state index in [0.717, 1.165) is 49.3 Å². The first kappa shape index (κ1) is 21.5. The first-order chi connectivity index (χ1) is 16.0. The number of piperidine rings is 1. The maximum Gasteiger partial charge on any atom is 0.255 e. The van der Waals surface area contributed by atoms with Crippen molar-refractivity contribution in [3.05, 3.63) is 65.4 Å². The zero-order valence-corrected chi connectivity index (χ0v) is 19.3. The summed E-state index contributed by atoms with van der Waals surface area (Å²) >= 11 is 0. The molecule has 0 spiro atoms. The van der Waals surface area contributed by atoms with Gasteiger partial charge >= 0.3 is 0 Å². The van der Waals surface area contributed by atoms with Crippen molar-refractivity contribution in [2.45, 2.75) is 51.9 Å². The molecule has 1 saturated heterocycles. The molecule has 1 fully saturated rings. The van der Waals surface area contributed by atoms with Gasteiger partial charge in [0.2, 0.25) is 0 Å². The van der Waals surface area contributed by atoms with Crippen molar-refractivity contribution in [1.82, 2.24) is 14.4 Å². The minimum Gasteiger partial charge on any atom is -0.490 e. The highest BCUT2D eigenvalue weighted by Crippen LogP contribution is 2.29. The summed E-state index contributed by atoms with van der Waals surface area (Å²) in [5, 5.41) is 10.5. The first-order valence-corrected chi connectivity index (χ1v) is 11.8. The number of rotatable bonds is 4. The van der Waals surface area contributed by atoms with E-state index < -0.39 is 0 Å². The molecule has 0 aliphatic carbocycles. The second-order valence-electron chi connectivity index (χ2n) is 9.34. The largest absolute Gasteiger partial charge is 0.490 e. The summed E-state index contributed by atoms with van der Waals surface area (Å²) in [6, 6.07) is 18.3. The average Bonchev–Trinajstić information content (AvgIpc) is 3.20. The Balaban J connectivity index is 1.31. The molecule has 6 nitrogen and oxygen atoms in total. The molecule has 2 aromatic carbocycles. The van der Waals surface area contributed by atoms with Gasteiger partial charge in [-0.2, -0.15) is 5.26 Å². The van der Waals surface area contributed by atoms with Crippen molar-refractivity contribution >= 4 is 16.8 Å². The van der Waals surface area contributed by atoms with Crippen LogP contribution in [0.3, 0.4) is 0 Å². The molecule has 0 saturated carbocycles. The molecule has 33 heavy (non-hydrogen) atoms. The number of likely N-dealkylation sites (tertiary alicyclic amines) is 1. The summed E-state index contributed by atoms with van der Waals surface area (Å²) in [5.41, 5.74) is 3.19. The van der Waals surface area contributed by atoms with Gasteiger partial charge in [-0.15, -0.1) is 0 Å². The average molecular weight is 443 g/mol. The van der Waals surface area contributed by atoms with Crippen molar-refractivity contribution in [3.8, 4) is 11.8 Å². The molecule has 5 rings (SSSR count). The van der Waals surface area contributed by atoms with Crippen molar-refractivity contribution in [2.75, 3.05) is 19.6 Å². The number of nitrogens with zero attached hydrogens (tertiary/aromatic N) is 4. The Kier molecular flexibility index (Phi) is 5.82. The maximum absolute atomic E-state index is 13.1. The van der Waals surface area contributed by atoms with Crippen LogP contribution in [-0.2, 0) is 13.1 Å². The number of benzene rings is 2. The summed E-state index contributed by atoms with van der Waals surface area (Å²) in [7, 11) is 0. The number of ether oxygens (including phenoxy) is 1. The van der Waals surface area contributed by atoms with Crippen molar-refractivity contribution < 1.29 is 9.53 Å². The molecule has 1 aromatic heterocycles. The number of amides is 1. The van der Waals surface area contributed by atoms with Crippen molar-refractivity contribution in [2.24, 2.45) is 0 Å². The molecule has 2 aliphatic rings. The van der Waals surface area contributed by atoms with E-state index in [0.29, 0.717) is 30.3 Å². The second kappa shape index (κ2) is 8.92. The number of hydrogen-bond acceptors (Lipinski definition) is 4. The molecular formula is C27H30N4O2. The van der Waals surface area contributed by atoms with Crippen LogP contribution in [0.15, 0.2) is 48.5 Å². The maximum atomic E-state index is 13.1. The Bertz CT molecular complexity index is 1210. The molecule has 2 aliphatic heterocycles. The summed E-state index contributed by atoms with van der Waals surface area (Å²) in [4.78, 5) is 17.4. The van der Waals surface area contributed by atoms with Gasteiger partial charge in [0, 0.05) is 48.8 Å². The van der Waals surface area contributed by atoms with Crippen LogP contribution in [0.5, 0.6) is 5.75 Å². The normalized spacial score (nSPS) is 17.2. The lowest BCUT2D eigenvalue weighted by Gasteiger charge is -2.34. The molecule has 3 heterocycles. The van der Waals surface area contributed by atoms with E-state index in [2.05, 4.69) is 53.6 Å². The molecule has 0 N–H and O–H groups in total. The lowest BCUT2D eigenvalue weighted by molar-refractivity contribution is 0.0712. The van der Waals surface area contributed by atoms with Gasteiger partial charge in [-0.3, -0.25) is 4.79 Å². The highest BCUT2D eigenvalue weighted by Gasteiger charge is 2.26. The second-order valence-corrected chi connectivity index (χ2v) is 9.34. The third-order valence-corrected chi connectivity index (χ3v) is 6.98. The Hall–Kier alpha value is -3.30. The van der Waals surface area contributed by atoms with Gasteiger partial charge in [0.25, 0.3) is 5.91 Å². The minimum absolute atomic E-state index is 0.0829. The Labute approximate surface area is 195 Å². The van der Waals surface area contributed by atoms with E-state index in [1.54, 1.807) is 18.2 Å². The van der Waals surface area contributed by atoms with E-state index in [4.69, 9.17) is 4.74 Å². The van der Waals surface area contributed by atoms with Crippen LogP contribution in [0.25, 0.3) is 10.9 Å². The van der Waals surface area contributed by atoms with E-state index in [1.807, 2.05) is 11.0 Å². The van der Waals surface area contributed by atoms with Gasteiger partial charge in [-0.25, -0.2) is 0 Å². The van der Waals surface area contributed by atoms with E-state index in [9.17, 15) is 10.1 Å². The fraction of sp³-hybridized carbons (Fsp3) is 0.407. The quantitative estimate of drug-likeness (QED) is 0.600. The molecule has 0 bridgehead atoms. The number of aromatic nitrogens is 1. The summed E-state index contributed by atoms with van der Waals surface area (Å²) in [6.07, 6.45) is 2.39. The summed E-state index contributed by atoms with van der Waals surface area (Å²) in [5.74, 6) is 0.838. The topological polar surface area (TPSA) is 61.5 Å². The highest BCUT2D eigenvalue weighted by molar-refractivity contribution is 5.96. The summed E-state index contributed by atoms with van der Waals surface area (Å²) < 4.78 is 8.63. The molecular weight excluding hydrogens is 412 g/mol. The number of carbonyl (C=O) groups is 1. The molecule has 170 valence electrons. The van der Waals surface area contributed by atoms with Gasteiger partial charge < -0.3 is 19.1 Å². The van der Waals surface area contributed by atoms with E-state index >= 15 is 0 Å². The third kappa shape index (κ3) is 4.21. The predicted octanol–water partition coefficient (Wildman–Crippen LogP) is 4.42. The van der Waals surface area contributed by atoms with Crippen LogP contribution >= 0.6 is 0 Å². The summed E-state index contributed by atoms with van der Waals surface area (Å²) in [6.45, 7) is 8.59. The molecule has 1 amide bonds. The Morgan fingerprint density at radius 2 is 1.85 bits per heavy atom. The SMILES string of the molecule is CC(C)N1CCC(Oc2ccc3c(c2)cc2n3CCN(C(=O)c3ccccc3C#N)C2)CC1. The molecule has 6 heteroatoms. The van der Waals surface area contributed by atoms with Gasteiger partial charge in [0.1, 0.15) is 11.9 Å². The molecule has 0 atom stereocenters. The molecule has 0 unspecified atom stereocenters. The van der Waals surface area contributed by atoms with Gasteiger partial charge in [-0.05, 0) is 63.1 Å². The van der Waals surface area contributed by atoms with Crippen LogP contribution < -0.4 is 4.74 Å². The standard InChI is InChI=1S/C27H30N4O2/c1-19(2)29-11-9-23(10-12-29)33-24-7-8-26-21(16-24)15-22-18-30(13-14-31(22)26)27(32)25-6-4-3-5-20(25)17-28/h3-8,15-16,19,23H,9-14,18H2,1-2H3. The first-order valence-electron chi connectivity index (χ1n) is 11.8. The van der Waals surface area contributed by atoms with Crippen molar-refractivity contribution in [1.29, 1.82) is 5.26 Å². The van der Waals surface area contributed by atoms with Gasteiger partial charge in [0.15, 0.2) is 0 Å².